The standard InChI is InChI=1S/C12H11N3O2/c1-8-9(4-2-5-10(8)16)12(17)14-11-6-3-7-13-15-11/h2-7,16H,1H3,(H,14,15,17). The lowest BCUT2D eigenvalue weighted by atomic mass is 10.1. The molecule has 0 spiro atoms. The number of phenolic OH excluding ortho intramolecular Hbond substituents is 1. The summed E-state index contributed by atoms with van der Waals surface area (Å²) in [5.74, 6) is 0.149. The summed E-state index contributed by atoms with van der Waals surface area (Å²) in [5.41, 5.74) is 0.949. The summed E-state index contributed by atoms with van der Waals surface area (Å²) in [5, 5.41) is 19.5. The molecule has 1 amide bonds. The Balaban J connectivity index is 2.24. The highest BCUT2D eigenvalue weighted by atomic mass is 16.3. The summed E-state index contributed by atoms with van der Waals surface area (Å²) in [6.07, 6.45) is 1.52. The van der Waals surface area contributed by atoms with E-state index in [-0.39, 0.29) is 11.7 Å². The van der Waals surface area contributed by atoms with Gasteiger partial charge in [-0.05, 0) is 31.2 Å². The Hall–Kier alpha value is -2.43. The molecular weight excluding hydrogens is 218 g/mol. The number of carbonyl (C=O) groups is 1. The van der Waals surface area contributed by atoms with Crippen molar-refractivity contribution in [3.8, 4) is 5.75 Å². The molecule has 2 N–H and O–H groups in total. The second-order valence-corrected chi connectivity index (χ2v) is 3.51. The van der Waals surface area contributed by atoms with E-state index in [1.807, 2.05) is 0 Å². The molecule has 2 aromatic rings. The van der Waals surface area contributed by atoms with Crippen LogP contribution in [0.3, 0.4) is 0 Å². The predicted molar refractivity (Wildman–Crippen MR) is 62.8 cm³/mol. The number of hydrogen-bond acceptors (Lipinski definition) is 4. The molecule has 0 saturated carbocycles. The quantitative estimate of drug-likeness (QED) is 0.822. The number of rotatable bonds is 2. The molecule has 1 aromatic heterocycles. The summed E-state index contributed by atoms with van der Waals surface area (Å²) >= 11 is 0. The topological polar surface area (TPSA) is 75.1 Å². The summed E-state index contributed by atoms with van der Waals surface area (Å²) in [7, 11) is 0. The van der Waals surface area contributed by atoms with Crippen LogP contribution < -0.4 is 5.32 Å². The predicted octanol–water partition coefficient (Wildman–Crippen LogP) is 1.74. The first-order valence-electron chi connectivity index (χ1n) is 5.06. The van der Waals surface area contributed by atoms with Crippen LogP contribution in [0, 0.1) is 6.92 Å². The zero-order valence-electron chi connectivity index (χ0n) is 9.21. The van der Waals surface area contributed by atoms with Crippen LogP contribution in [0.5, 0.6) is 5.75 Å². The first kappa shape index (κ1) is 11.1. The lowest BCUT2D eigenvalue weighted by Gasteiger charge is -2.07. The highest BCUT2D eigenvalue weighted by molar-refractivity contribution is 6.05. The number of phenols is 1. The van der Waals surface area contributed by atoms with Gasteiger partial charge in [-0.3, -0.25) is 4.79 Å². The van der Waals surface area contributed by atoms with Crippen LogP contribution in [0.4, 0.5) is 5.82 Å². The van der Waals surface area contributed by atoms with Crippen molar-refractivity contribution >= 4 is 11.7 Å². The van der Waals surface area contributed by atoms with Crippen LogP contribution >= 0.6 is 0 Å². The molecule has 0 bridgehead atoms. The van der Waals surface area contributed by atoms with Crippen LogP contribution in [0.2, 0.25) is 0 Å². The zero-order valence-corrected chi connectivity index (χ0v) is 9.21. The zero-order chi connectivity index (χ0) is 12.3. The first-order chi connectivity index (χ1) is 8.18. The second-order valence-electron chi connectivity index (χ2n) is 3.51. The van der Waals surface area contributed by atoms with Crippen LogP contribution in [0.1, 0.15) is 15.9 Å². The Morgan fingerprint density at radius 3 is 2.82 bits per heavy atom. The van der Waals surface area contributed by atoms with Gasteiger partial charge in [0.05, 0.1) is 0 Å². The number of benzene rings is 1. The number of anilines is 1. The van der Waals surface area contributed by atoms with Crippen molar-refractivity contribution in [2.24, 2.45) is 0 Å². The Kier molecular flexibility index (Phi) is 3.00. The van der Waals surface area contributed by atoms with Crippen molar-refractivity contribution in [3.05, 3.63) is 47.7 Å². The second kappa shape index (κ2) is 4.61. The number of carbonyl (C=O) groups excluding carboxylic acids is 1. The molecule has 0 aliphatic carbocycles. The summed E-state index contributed by atoms with van der Waals surface area (Å²) in [6.45, 7) is 1.68. The molecule has 0 unspecified atom stereocenters. The molecule has 2 rings (SSSR count). The van der Waals surface area contributed by atoms with E-state index in [0.29, 0.717) is 16.9 Å². The minimum Gasteiger partial charge on any atom is -0.508 e. The number of amides is 1. The Morgan fingerprint density at radius 1 is 1.29 bits per heavy atom. The van der Waals surface area contributed by atoms with E-state index in [2.05, 4.69) is 15.5 Å². The Labute approximate surface area is 98.1 Å². The van der Waals surface area contributed by atoms with Gasteiger partial charge in [0, 0.05) is 17.3 Å². The fourth-order valence-electron chi connectivity index (χ4n) is 1.42. The van der Waals surface area contributed by atoms with Gasteiger partial charge in [0.2, 0.25) is 0 Å². The van der Waals surface area contributed by atoms with Gasteiger partial charge in [0.15, 0.2) is 5.82 Å². The SMILES string of the molecule is Cc1c(O)cccc1C(=O)Nc1cccnn1. The fourth-order valence-corrected chi connectivity index (χ4v) is 1.42. The molecule has 0 saturated heterocycles. The van der Waals surface area contributed by atoms with E-state index >= 15 is 0 Å². The summed E-state index contributed by atoms with van der Waals surface area (Å²) in [6, 6.07) is 8.12. The Bertz CT molecular complexity index is 541. The molecule has 1 heterocycles. The molecule has 1 aromatic carbocycles. The minimum absolute atomic E-state index is 0.0943. The highest BCUT2D eigenvalue weighted by Crippen LogP contribution is 2.20. The van der Waals surface area contributed by atoms with Crippen molar-refractivity contribution in [3.63, 3.8) is 0 Å². The number of hydrogen-bond donors (Lipinski definition) is 2. The maximum atomic E-state index is 11.9. The normalized spacial score (nSPS) is 9.94. The van der Waals surface area contributed by atoms with E-state index in [0.717, 1.165) is 0 Å². The van der Waals surface area contributed by atoms with E-state index in [1.165, 1.54) is 12.3 Å². The van der Waals surface area contributed by atoms with Gasteiger partial charge < -0.3 is 10.4 Å². The van der Waals surface area contributed by atoms with E-state index in [4.69, 9.17) is 0 Å². The third-order valence-corrected chi connectivity index (χ3v) is 2.36. The molecule has 86 valence electrons. The fraction of sp³-hybridized carbons (Fsp3) is 0.0833. The third-order valence-electron chi connectivity index (χ3n) is 2.36. The first-order valence-corrected chi connectivity index (χ1v) is 5.06. The van der Waals surface area contributed by atoms with Gasteiger partial charge in [0.1, 0.15) is 5.75 Å². The van der Waals surface area contributed by atoms with Gasteiger partial charge in [0.25, 0.3) is 5.91 Å². The molecule has 5 heteroatoms. The summed E-state index contributed by atoms with van der Waals surface area (Å²) in [4.78, 5) is 11.9. The number of nitrogens with zero attached hydrogens (tertiary/aromatic N) is 2. The van der Waals surface area contributed by atoms with Gasteiger partial charge in [-0.15, -0.1) is 5.10 Å². The van der Waals surface area contributed by atoms with Crippen molar-refractivity contribution in [1.82, 2.24) is 10.2 Å². The number of nitrogens with one attached hydrogen (secondary N) is 1. The smallest absolute Gasteiger partial charge is 0.257 e. The van der Waals surface area contributed by atoms with Crippen LogP contribution in [-0.2, 0) is 0 Å². The molecule has 5 nitrogen and oxygen atoms in total. The summed E-state index contributed by atoms with van der Waals surface area (Å²) < 4.78 is 0. The lowest BCUT2D eigenvalue weighted by Crippen LogP contribution is -2.14. The van der Waals surface area contributed by atoms with Crippen molar-refractivity contribution in [2.75, 3.05) is 5.32 Å². The molecule has 17 heavy (non-hydrogen) atoms. The monoisotopic (exact) mass is 229 g/mol. The molecular formula is C12H11N3O2. The molecule has 0 radical (unpaired) electrons. The number of aromatic hydroxyl groups is 1. The molecule has 0 aliphatic heterocycles. The molecule has 0 atom stereocenters. The van der Waals surface area contributed by atoms with Gasteiger partial charge in [-0.1, -0.05) is 6.07 Å². The maximum Gasteiger partial charge on any atom is 0.257 e. The van der Waals surface area contributed by atoms with Crippen molar-refractivity contribution < 1.29 is 9.90 Å². The van der Waals surface area contributed by atoms with Crippen LogP contribution in [0.15, 0.2) is 36.5 Å². The average Bonchev–Trinajstić information content (AvgIpc) is 2.34. The van der Waals surface area contributed by atoms with E-state index < -0.39 is 0 Å². The van der Waals surface area contributed by atoms with E-state index in [9.17, 15) is 9.90 Å². The van der Waals surface area contributed by atoms with Crippen molar-refractivity contribution in [2.45, 2.75) is 6.92 Å². The van der Waals surface area contributed by atoms with Gasteiger partial charge in [-0.25, -0.2) is 0 Å². The van der Waals surface area contributed by atoms with Crippen LogP contribution in [0.25, 0.3) is 0 Å². The largest absolute Gasteiger partial charge is 0.508 e. The lowest BCUT2D eigenvalue weighted by molar-refractivity contribution is 0.102. The van der Waals surface area contributed by atoms with Crippen LogP contribution in [-0.4, -0.2) is 21.2 Å². The minimum atomic E-state index is -0.320. The molecule has 0 aliphatic rings. The van der Waals surface area contributed by atoms with Gasteiger partial charge in [-0.2, -0.15) is 5.10 Å². The Morgan fingerprint density at radius 2 is 2.12 bits per heavy atom. The van der Waals surface area contributed by atoms with Crippen molar-refractivity contribution in [1.29, 1.82) is 0 Å². The molecule has 0 fully saturated rings. The third kappa shape index (κ3) is 2.39. The average molecular weight is 229 g/mol. The number of aromatic nitrogens is 2. The van der Waals surface area contributed by atoms with E-state index in [1.54, 1.807) is 31.2 Å². The highest BCUT2D eigenvalue weighted by Gasteiger charge is 2.11. The maximum absolute atomic E-state index is 11.9. The van der Waals surface area contributed by atoms with Gasteiger partial charge >= 0.3 is 0 Å².